The molecule has 0 amide bonds. The summed E-state index contributed by atoms with van der Waals surface area (Å²) in [6.45, 7) is 10.6. The lowest BCUT2D eigenvalue weighted by Crippen LogP contribution is -2.54. The molecule has 56 heavy (non-hydrogen) atoms. The molecule has 4 atom stereocenters. The van der Waals surface area contributed by atoms with Crippen molar-refractivity contribution in [3.63, 3.8) is 0 Å². The van der Waals surface area contributed by atoms with Gasteiger partial charge in [0.25, 0.3) is 0 Å². The number of halogens is 2. The van der Waals surface area contributed by atoms with Gasteiger partial charge in [-0.15, -0.1) is 6.42 Å². The monoisotopic (exact) mass is 765 g/mol. The zero-order valence-electron chi connectivity index (χ0n) is 32.5. The highest BCUT2D eigenvalue weighted by atomic mass is 19.1. The Labute approximate surface area is 325 Å². The molecule has 3 saturated heterocycles. The molecule has 13 heteroatoms. The van der Waals surface area contributed by atoms with Crippen LogP contribution in [0.4, 0.5) is 14.6 Å². The molecule has 294 valence electrons. The molecule has 1 saturated carbocycles. The zero-order chi connectivity index (χ0) is 38.9. The van der Waals surface area contributed by atoms with Crippen LogP contribution in [0.1, 0.15) is 51.5 Å². The lowest BCUT2D eigenvalue weighted by atomic mass is 9.91. The van der Waals surface area contributed by atoms with Gasteiger partial charge in [-0.2, -0.15) is 15.1 Å². The number of likely N-dealkylation sites (tertiary alicyclic amines) is 1. The molecule has 3 aliphatic heterocycles. The second kappa shape index (κ2) is 14.4. The van der Waals surface area contributed by atoms with Crippen molar-refractivity contribution in [3.05, 3.63) is 47.7 Å². The predicted molar refractivity (Wildman–Crippen MR) is 212 cm³/mol. The minimum Gasteiger partial charge on any atom is -0.508 e. The van der Waals surface area contributed by atoms with Crippen LogP contribution in [0, 0.1) is 29.4 Å². The maximum absolute atomic E-state index is 17.9. The van der Waals surface area contributed by atoms with E-state index in [1.807, 2.05) is 6.20 Å². The van der Waals surface area contributed by atoms with Gasteiger partial charge < -0.3 is 24.2 Å². The summed E-state index contributed by atoms with van der Waals surface area (Å²) in [5, 5.41) is 17.7. The summed E-state index contributed by atoms with van der Waals surface area (Å²) < 4.78 is 52.7. The highest BCUT2D eigenvalue weighted by Crippen LogP contribution is 2.49. The fraction of sp³-hybridized carbons (Fsp3) is 0.512. The average Bonchev–Trinajstić information content (AvgIpc) is 3.73. The van der Waals surface area contributed by atoms with Gasteiger partial charge in [-0.05, 0) is 75.1 Å². The van der Waals surface area contributed by atoms with Crippen LogP contribution in [0.25, 0.3) is 43.7 Å². The predicted octanol–water partition coefficient (Wildman–Crippen LogP) is 6.26. The number of morpholine rings is 1. The highest BCUT2D eigenvalue weighted by molar-refractivity contribution is 6.18. The van der Waals surface area contributed by atoms with Gasteiger partial charge in [-0.1, -0.05) is 12.0 Å². The summed E-state index contributed by atoms with van der Waals surface area (Å²) in [5.74, 6) is 1.71. The molecule has 2 unspecified atom stereocenters. The second-order valence-corrected chi connectivity index (χ2v) is 16.6. The van der Waals surface area contributed by atoms with Crippen molar-refractivity contribution in [1.29, 1.82) is 0 Å². The van der Waals surface area contributed by atoms with Crippen molar-refractivity contribution in [2.45, 2.75) is 70.2 Å². The third-order valence-corrected chi connectivity index (χ3v) is 12.2. The van der Waals surface area contributed by atoms with Crippen molar-refractivity contribution in [1.82, 2.24) is 29.5 Å². The fourth-order valence-corrected chi connectivity index (χ4v) is 9.76. The third kappa shape index (κ3) is 6.60. The third-order valence-electron chi connectivity index (χ3n) is 12.2. The number of piperazine rings is 1. The number of aryl methyl sites for hydroxylation is 1. The molecular formula is C43H49F2N7O4. The number of aromatic nitrogens is 4. The Kier molecular flexibility index (Phi) is 9.51. The van der Waals surface area contributed by atoms with Crippen molar-refractivity contribution in [2.75, 3.05) is 64.5 Å². The van der Waals surface area contributed by atoms with E-state index >= 15 is 8.78 Å². The van der Waals surface area contributed by atoms with Crippen molar-refractivity contribution in [3.8, 4) is 35.2 Å². The smallest absolute Gasteiger partial charge is 0.319 e. The Morgan fingerprint density at radius 3 is 2.45 bits per heavy atom. The Balaban J connectivity index is 1.20. The molecule has 0 radical (unpaired) electrons. The SMILES string of the molecule is C#Cc1c(F)ccc2cc(O)cc(-c3c(F)c4nc(OCC5(CN6C[C@@H](C)O[C@@H](C)C6)CC5)nc(N5C6CCC5CN(CCCOC)C6)c4c4cn(C)nc34)c12. The minimum atomic E-state index is -0.665. The van der Waals surface area contributed by atoms with Crippen molar-refractivity contribution >= 4 is 38.4 Å². The van der Waals surface area contributed by atoms with Gasteiger partial charge in [0.1, 0.15) is 28.4 Å². The Morgan fingerprint density at radius 1 is 1.00 bits per heavy atom. The van der Waals surface area contributed by atoms with Crippen LogP contribution in [-0.4, -0.2) is 119 Å². The number of nitrogens with zero attached hydrogens (tertiary/aromatic N) is 7. The van der Waals surface area contributed by atoms with Gasteiger partial charge in [-0.3, -0.25) is 14.5 Å². The van der Waals surface area contributed by atoms with Gasteiger partial charge in [-0.25, -0.2) is 8.78 Å². The molecule has 5 heterocycles. The number of methoxy groups -OCH3 is 1. The minimum absolute atomic E-state index is 0.0211. The van der Waals surface area contributed by atoms with Crippen molar-refractivity contribution in [2.24, 2.45) is 12.5 Å². The van der Waals surface area contributed by atoms with Crippen LogP contribution in [0.5, 0.6) is 11.8 Å². The lowest BCUT2D eigenvalue weighted by molar-refractivity contribution is -0.0741. The standard InChI is InChI=1S/C43H49F2N7O4/c1-6-31-34(44)11-8-27-16-30(53)17-32(35(27)31)36-38(45)40-37(33-22-49(4)48-39(33)36)41(52-28-9-10-29(52)21-50(20-28)14-7-15-54-5)47-42(46-40)55-24-43(12-13-43)23-51-18-25(2)56-26(3)19-51/h1,8,11,16-17,22,25-26,28-29,53H,7,9-10,12-15,18-21,23-24H2,2-5H3/t25-,26+,28?,29?. The Bertz CT molecular complexity index is 2350. The second-order valence-electron chi connectivity index (χ2n) is 16.6. The molecule has 2 aromatic heterocycles. The quantitative estimate of drug-likeness (QED) is 0.123. The first-order valence-electron chi connectivity index (χ1n) is 19.8. The molecule has 2 bridgehead atoms. The van der Waals surface area contributed by atoms with Crippen LogP contribution < -0.4 is 9.64 Å². The number of aromatic hydroxyl groups is 1. The number of rotatable bonds is 11. The summed E-state index contributed by atoms with van der Waals surface area (Å²) in [6.07, 6.45) is 13.0. The van der Waals surface area contributed by atoms with E-state index in [1.165, 1.54) is 24.3 Å². The van der Waals surface area contributed by atoms with Gasteiger partial charge in [0.2, 0.25) is 0 Å². The topological polar surface area (TPSA) is 101 Å². The van der Waals surface area contributed by atoms with Crippen LogP contribution in [0.2, 0.25) is 0 Å². The largest absolute Gasteiger partial charge is 0.508 e. The maximum atomic E-state index is 17.9. The molecule has 9 rings (SSSR count). The molecule has 1 N–H and O–H groups in total. The number of ether oxygens (including phenoxy) is 3. The van der Waals surface area contributed by atoms with Gasteiger partial charge >= 0.3 is 6.01 Å². The first kappa shape index (κ1) is 37.0. The number of benzene rings is 3. The Morgan fingerprint density at radius 2 is 1.75 bits per heavy atom. The maximum Gasteiger partial charge on any atom is 0.319 e. The van der Waals surface area contributed by atoms with E-state index in [0.29, 0.717) is 46.1 Å². The number of hydrogen-bond acceptors (Lipinski definition) is 10. The molecule has 4 fully saturated rings. The summed E-state index contributed by atoms with van der Waals surface area (Å²) in [7, 11) is 3.52. The van der Waals surface area contributed by atoms with E-state index in [-0.39, 0.29) is 63.7 Å². The van der Waals surface area contributed by atoms with Gasteiger partial charge in [0.05, 0.1) is 29.8 Å². The number of terminal acetylenes is 1. The normalized spacial score (nSPS) is 23.7. The fourth-order valence-electron chi connectivity index (χ4n) is 9.76. The van der Waals surface area contributed by atoms with Crippen LogP contribution >= 0.6 is 0 Å². The van der Waals surface area contributed by atoms with E-state index in [9.17, 15) is 5.11 Å². The van der Waals surface area contributed by atoms with Crippen LogP contribution in [0.15, 0.2) is 30.5 Å². The van der Waals surface area contributed by atoms with E-state index < -0.39 is 11.6 Å². The molecular weight excluding hydrogens is 717 g/mol. The van der Waals surface area contributed by atoms with Gasteiger partial charge in [0.15, 0.2) is 5.82 Å². The number of hydrogen-bond donors (Lipinski definition) is 1. The number of phenols is 1. The first-order chi connectivity index (χ1) is 27.0. The van der Waals surface area contributed by atoms with Gasteiger partial charge in [0, 0.05) is 100 Å². The highest BCUT2D eigenvalue weighted by Gasteiger charge is 2.46. The molecule has 5 aromatic rings. The molecule has 0 spiro atoms. The first-order valence-corrected chi connectivity index (χ1v) is 19.8. The van der Waals surface area contributed by atoms with E-state index in [0.717, 1.165) is 71.4 Å². The summed E-state index contributed by atoms with van der Waals surface area (Å²) >= 11 is 0. The molecule has 1 aliphatic carbocycles. The van der Waals surface area contributed by atoms with Crippen molar-refractivity contribution < 1.29 is 28.1 Å². The van der Waals surface area contributed by atoms with E-state index in [2.05, 4.69) is 34.5 Å². The van der Waals surface area contributed by atoms with E-state index in [4.69, 9.17) is 35.7 Å². The molecule has 3 aromatic carbocycles. The van der Waals surface area contributed by atoms with E-state index in [1.54, 1.807) is 18.8 Å². The zero-order valence-corrected chi connectivity index (χ0v) is 32.5. The number of anilines is 1. The summed E-state index contributed by atoms with van der Waals surface area (Å²) in [5.41, 5.74) is 0.660. The molecule has 11 nitrogen and oxygen atoms in total. The number of fused-ring (bicyclic) bond motifs is 6. The Hall–Kier alpha value is -4.61. The van der Waals surface area contributed by atoms with Crippen LogP contribution in [0.3, 0.4) is 0 Å². The molecule has 4 aliphatic rings. The summed E-state index contributed by atoms with van der Waals surface area (Å²) in [6, 6.07) is 6.15. The summed E-state index contributed by atoms with van der Waals surface area (Å²) in [4.78, 5) is 17.4. The lowest BCUT2D eigenvalue weighted by Gasteiger charge is -2.42. The number of phenolic OH excluding ortho intramolecular Hbond substituents is 1. The van der Waals surface area contributed by atoms with Crippen LogP contribution in [-0.2, 0) is 16.5 Å². The average molecular weight is 766 g/mol.